The number of H-pyrrole nitrogens is 1. The molecular formula is C45H49N7O4. The number of benzene rings is 3. The molecule has 1 atom stereocenters. The number of nitrogens with zero attached hydrogens (tertiary/aromatic N) is 5. The molecule has 0 spiro atoms. The third-order valence-corrected chi connectivity index (χ3v) is 13.4. The monoisotopic (exact) mass is 751 g/mol. The molecule has 1 aromatic heterocycles. The summed E-state index contributed by atoms with van der Waals surface area (Å²) < 4.78 is 0. The topological polar surface area (TPSA) is 113 Å². The zero-order chi connectivity index (χ0) is 38.9. The molecule has 4 aromatic rings. The zero-order valence-electron chi connectivity index (χ0n) is 32.5. The number of anilines is 1. The number of piperidine rings is 2. The van der Waals surface area contributed by atoms with Crippen molar-refractivity contribution in [1.29, 1.82) is 0 Å². The molecule has 1 unspecified atom stereocenters. The highest BCUT2D eigenvalue weighted by molar-refractivity contribution is 6.20. The normalized spacial score (nSPS) is 21.6. The molecule has 11 heteroatoms. The van der Waals surface area contributed by atoms with Crippen molar-refractivity contribution in [3.63, 3.8) is 0 Å². The van der Waals surface area contributed by atoms with Crippen LogP contribution < -0.4 is 10.2 Å². The minimum Gasteiger partial charge on any atom is -0.371 e. The molecule has 3 amide bonds. The first-order valence-electron chi connectivity index (χ1n) is 20.3. The molecule has 3 fully saturated rings. The van der Waals surface area contributed by atoms with Crippen molar-refractivity contribution in [3.05, 3.63) is 105 Å². The average Bonchev–Trinajstić information content (AvgIpc) is 3.77. The molecule has 3 aromatic carbocycles. The number of rotatable bonds is 7. The summed E-state index contributed by atoms with van der Waals surface area (Å²) in [4.78, 5) is 68.2. The van der Waals surface area contributed by atoms with Crippen LogP contribution in [0.2, 0.25) is 0 Å². The Kier molecular flexibility index (Phi) is 9.09. The van der Waals surface area contributed by atoms with Crippen LogP contribution in [0.1, 0.15) is 101 Å². The van der Waals surface area contributed by atoms with Crippen molar-refractivity contribution in [1.82, 2.24) is 25.0 Å². The second-order valence-electron chi connectivity index (χ2n) is 16.7. The maximum absolute atomic E-state index is 14.1. The fourth-order valence-electron chi connectivity index (χ4n) is 10.1. The number of carbonyl (C=O) groups is 4. The summed E-state index contributed by atoms with van der Waals surface area (Å²) >= 11 is 0. The third-order valence-electron chi connectivity index (χ3n) is 13.4. The van der Waals surface area contributed by atoms with Crippen molar-refractivity contribution < 1.29 is 19.2 Å². The number of ketones is 1. The lowest BCUT2D eigenvalue weighted by Crippen LogP contribution is -2.53. The highest BCUT2D eigenvalue weighted by Crippen LogP contribution is 2.46. The molecule has 0 bridgehead atoms. The summed E-state index contributed by atoms with van der Waals surface area (Å²) in [5.41, 5.74) is 9.87. The molecule has 3 saturated heterocycles. The Morgan fingerprint density at radius 2 is 1.68 bits per heavy atom. The molecule has 9 rings (SSSR count). The van der Waals surface area contributed by atoms with E-state index in [4.69, 9.17) is 6.57 Å². The molecular weight excluding hydrogens is 703 g/mol. The van der Waals surface area contributed by atoms with Crippen molar-refractivity contribution in [3.8, 4) is 0 Å². The second-order valence-corrected chi connectivity index (χ2v) is 16.7. The van der Waals surface area contributed by atoms with Crippen LogP contribution in [-0.2, 0) is 34.4 Å². The van der Waals surface area contributed by atoms with Gasteiger partial charge in [0.15, 0.2) is 11.5 Å². The highest BCUT2D eigenvalue weighted by atomic mass is 16.2. The fraction of sp³-hybridized carbons (Fsp3) is 0.444. The van der Waals surface area contributed by atoms with E-state index in [-0.39, 0.29) is 29.9 Å². The third kappa shape index (κ3) is 6.01. The number of hydrogen-bond acceptors (Lipinski definition) is 7. The Labute approximate surface area is 327 Å². The molecule has 11 nitrogen and oxygen atoms in total. The van der Waals surface area contributed by atoms with Crippen LogP contribution >= 0.6 is 0 Å². The first kappa shape index (κ1) is 36.3. The van der Waals surface area contributed by atoms with Gasteiger partial charge in [-0.25, -0.2) is 4.85 Å². The summed E-state index contributed by atoms with van der Waals surface area (Å²) in [7, 11) is 0. The van der Waals surface area contributed by atoms with Crippen LogP contribution in [0.4, 0.5) is 11.4 Å². The smallest absolute Gasteiger partial charge is 0.255 e. The van der Waals surface area contributed by atoms with Gasteiger partial charge in [0.1, 0.15) is 6.04 Å². The number of hydrogen-bond donors (Lipinski definition) is 2. The number of nitrogens with one attached hydrogen (secondary N) is 2. The van der Waals surface area contributed by atoms with E-state index >= 15 is 0 Å². The maximum Gasteiger partial charge on any atom is 0.255 e. The van der Waals surface area contributed by atoms with E-state index in [2.05, 4.69) is 68.8 Å². The molecule has 1 aliphatic carbocycles. The molecule has 0 saturated carbocycles. The minimum atomic E-state index is -0.596. The summed E-state index contributed by atoms with van der Waals surface area (Å²) in [6, 6.07) is 15.9. The van der Waals surface area contributed by atoms with Gasteiger partial charge in [0.05, 0.1) is 12.1 Å². The molecule has 0 radical (unpaired) electrons. The summed E-state index contributed by atoms with van der Waals surface area (Å²) in [5.74, 6) is -0.698. The number of fused-ring (bicyclic) bond motifs is 5. The van der Waals surface area contributed by atoms with Crippen LogP contribution in [0.15, 0.2) is 48.5 Å². The number of aromatic nitrogens is 1. The van der Waals surface area contributed by atoms with E-state index in [1.54, 1.807) is 11.0 Å². The standard InChI is InChI=1S/C45H49N7O4/c1-5-27-23-33-35(45(2,3)42-40(41(33)54)32-10-9-29(46-4)24-36(32)47-42)25-38(27)51-17-14-30(15-18-51)50-21-19-49(20-22-50)16-13-28-7-6-8-31-34(28)26-52(44(31)56)37-11-12-39(53)48-43(37)55/h6-10,23-25,30,37,47H,5,11-22,26H2,1-3H3,(H,48,53,55). The van der Waals surface area contributed by atoms with E-state index in [9.17, 15) is 19.2 Å². The lowest BCUT2D eigenvalue weighted by Gasteiger charge is -2.44. The maximum atomic E-state index is 14.1. The van der Waals surface area contributed by atoms with E-state index < -0.39 is 11.5 Å². The lowest BCUT2D eigenvalue weighted by atomic mass is 9.70. The van der Waals surface area contributed by atoms with Crippen LogP contribution in [0.5, 0.6) is 0 Å². The van der Waals surface area contributed by atoms with Crippen molar-refractivity contribution in [2.24, 2.45) is 0 Å². The van der Waals surface area contributed by atoms with Gasteiger partial charge in [-0.1, -0.05) is 45.0 Å². The quantitative estimate of drug-likeness (QED) is 0.183. The predicted molar refractivity (Wildman–Crippen MR) is 215 cm³/mol. The number of aryl methyl sites for hydroxylation is 1. The van der Waals surface area contributed by atoms with Gasteiger partial charge >= 0.3 is 0 Å². The van der Waals surface area contributed by atoms with Gasteiger partial charge in [-0.05, 0) is 78.6 Å². The second kappa shape index (κ2) is 14.0. The van der Waals surface area contributed by atoms with Crippen molar-refractivity contribution >= 4 is 45.8 Å². The number of carbonyl (C=O) groups excluding carboxylic acids is 4. The Bertz CT molecular complexity index is 2340. The Hall–Kier alpha value is -5.31. The van der Waals surface area contributed by atoms with E-state index in [1.165, 1.54) is 16.8 Å². The average molecular weight is 752 g/mol. The first-order valence-corrected chi connectivity index (χ1v) is 20.3. The van der Waals surface area contributed by atoms with Gasteiger partial charge < -0.3 is 19.7 Å². The van der Waals surface area contributed by atoms with Crippen LogP contribution in [0, 0.1) is 6.57 Å². The summed E-state index contributed by atoms with van der Waals surface area (Å²) in [5, 5.41) is 3.29. The van der Waals surface area contributed by atoms with E-state index in [0.717, 1.165) is 110 Å². The summed E-state index contributed by atoms with van der Waals surface area (Å²) in [6.45, 7) is 21.5. The van der Waals surface area contributed by atoms with Gasteiger partial charge in [0.2, 0.25) is 11.8 Å². The Morgan fingerprint density at radius 3 is 2.41 bits per heavy atom. The Balaban J connectivity index is 0.821. The number of imide groups is 1. The molecule has 288 valence electrons. The minimum absolute atomic E-state index is 0.0643. The Morgan fingerprint density at radius 1 is 0.893 bits per heavy atom. The fourth-order valence-corrected chi connectivity index (χ4v) is 10.1. The van der Waals surface area contributed by atoms with Gasteiger partial charge in [0, 0.05) is 104 Å². The van der Waals surface area contributed by atoms with Gasteiger partial charge in [-0.15, -0.1) is 0 Å². The molecule has 56 heavy (non-hydrogen) atoms. The first-order chi connectivity index (χ1) is 27.0. The summed E-state index contributed by atoms with van der Waals surface area (Å²) in [6.07, 6.45) is 4.54. The zero-order valence-corrected chi connectivity index (χ0v) is 32.5. The van der Waals surface area contributed by atoms with Crippen molar-refractivity contribution in [2.45, 2.75) is 83.3 Å². The van der Waals surface area contributed by atoms with E-state index in [1.807, 2.05) is 24.3 Å². The number of aromatic amines is 1. The van der Waals surface area contributed by atoms with Crippen LogP contribution in [-0.4, -0.2) is 101 Å². The van der Waals surface area contributed by atoms with E-state index in [0.29, 0.717) is 30.3 Å². The van der Waals surface area contributed by atoms with Gasteiger partial charge in [0.25, 0.3) is 5.91 Å². The van der Waals surface area contributed by atoms with Gasteiger partial charge in [-0.3, -0.25) is 29.4 Å². The lowest BCUT2D eigenvalue weighted by molar-refractivity contribution is -0.136. The predicted octanol–water partition coefficient (Wildman–Crippen LogP) is 5.74. The van der Waals surface area contributed by atoms with Crippen molar-refractivity contribution in [2.75, 3.05) is 50.7 Å². The SMILES string of the molecule is [C-]#[N+]c1ccc2c3c([nH]c2c1)C(C)(C)c1cc(N2CCC(N4CCN(CCc5cccc6c5CN(C5CCC(=O)NC5=O)C6=O)CC4)CC2)c(CC)cc1C3=O. The van der Waals surface area contributed by atoms with Gasteiger partial charge in [-0.2, -0.15) is 0 Å². The molecule has 5 heterocycles. The molecule has 5 aliphatic rings. The molecule has 4 aliphatic heterocycles. The molecule has 2 N–H and O–H groups in total. The van der Waals surface area contributed by atoms with Crippen LogP contribution in [0.3, 0.4) is 0 Å². The van der Waals surface area contributed by atoms with Crippen LogP contribution in [0.25, 0.3) is 15.7 Å². The largest absolute Gasteiger partial charge is 0.371 e. The number of piperazine rings is 1. The number of amides is 3. The highest BCUT2D eigenvalue weighted by Gasteiger charge is 2.42.